The molecule has 0 aliphatic heterocycles. The second-order valence-electron chi connectivity index (χ2n) is 3.72. The summed E-state index contributed by atoms with van der Waals surface area (Å²) in [6.07, 6.45) is 1.98. The van der Waals surface area contributed by atoms with Gasteiger partial charge < -0.3 is 10.3 Å². The second kappa shape index (κ2) is 4.02. The van der Waals surface area contributed by atoms with E-state index in [1.165, 1.54) is 22.2 Å². The maximum atomic E-state index is 3.41. The van der Waals surface area contributed by atoms with Crippen LogP contribution < -0.4 is 5.32 Å². The minimum Gasteiger partial charge on any atom is -0.380 e. The van der Waals surface area contributed by atoms with Crippen LogP contribution in [-0.2, 0) is 6.54 Å². The SMILES string of the molecule is c1cc(CNc2ccsc2)c2[nH]ccc2c1. The van der Waals surface area contributed by atoms with Gasteiger partial charge in [-0.15, -0.1) is 0 Å². The normalized spacial score (nSPS) is 10.8. The van der Waals surface area contributed by atoms with Gasteiger partial charge >= 0.3 is 0 Å². The highest BCUT2D eigenvalue weighted by atomic mass is 32.1. The molecule has 0 spiro atoms. The Kier molecular flexibility index (Phi) is 2.38. The van der Waals surface area contributed by atoms with Crippen molar-refractivity contribution in [2.45, 2.75) is 6.54 Å². The van der Waals surface area contributed by atoms with Crippen LogP contribution in [0.1, 0.15) is 5.56 Å². The number of nitrogens with one attached hydrogen (secondary N) is 2. The fourth-order valence-electron chi connectivity index (χ4n) is 1.86. The third-order valence-corrected chi connectivity index (χ3v) is 3.36. The van der Waals surface area contributed by atoms with Crippen molar-refractivity contribution >= 4 is 27.9 Å². The maximum absolute atomic E-state index is 3.41. The molecule has 2 N–H and O–H groups in total. The van der Waals surface area contributed by atoms with Crippen molar-refractivity contribution in [2.24, 2.45) is 0 Å². The molecule has 0 unspecified atom stereocenters. The summed E-state index contributed by atoms with van der Waals surface area (Å²) in [6, 6.07) is 10.6. The zero-order valence-corrected chi connectivity index (χ0v) is 9.55. The molecule has 0 bridgehead atoms. The van der Waals surface area contributed by atoms with Crippen LogP contribution in [0.15, 0.2) is 47.3 Å². The molecule has 80 valence electrons. The fraction of sp³-hybridized carbons (Fsp3) is 0.0769. The standard InChI is InChI=1S/C13H12N2S/c1-2-10-4-6-14-13(10)11(3-1)8-15-12-5-7-16-9-12/h1-7,9,14-15H,8H2. The van der Waals surface area contributed by atoms with Crippen molar-refractivity contribution in [1.29, 1.82) is 0 Å². The molecule has 16 heavy (non-hydrogen) atoms. The van der Waals surface area contributed by atoms with Gasteiger partial charge in [-0.05, 0) is 28.5 Å². The number of aromatic nitrogens is 1. The first-order valence-corrected chi connectivity index (χ1v) is 6.19. The number of anilines is 1. The number of hydrogen-bond donors (Lipinski definition) is 2. The molecule has 3 aromatic rings. The lowest BCUT2D eigenvalue weighted by Gasteiger charge is -2.05. The van der Waals surface area contributed by atoms with E-state index >= 15 is 0 Å². The highest BCUT2D eigenvalue weighted by Crippen LogP contribution is 2.19. The van der Waals surface area contributed by atoms with E-state index in [-0.39, 0.29) is 0 Å². The molecule has 3 rings (SSSR count). The smallest absolute Gasteiger partial charge is 0.0504 e. The summed E-state index contributed by atoms with van der Waals surface area (Å²) in [5.74, 6) is 0. The highest BCUT2D eigenvalue weighted by Gasteiger charge is 2.01. The van der Waals surface area contributed by atoms with Crippen molar-refractivity contribution in [3.05, 3.63) is 52.9 Å². The first-order valence-electron chi connectivity index (χ1n) is 5.24. The Hall–Kier alpha value is -1.74. The average molecular weight is 228 g/mol. The van der Waals surface area contributed by atoms with Gasteiger partial charge in [-0.2, -0.15) is 11.3 Å². The molecule has 0 radical (unpaired) electrons. The van der Waals surface area contributed by atoms with Crippen LogP contribution in [-0.4, -0.2) is 4.98 Å². The van der Waals surface area contributed by atoms with E-state index in [0.29, 0.717) is 0 Å². The van der Waals surface area contributed by atoms with E-state index in [1.54, 1.807) is 11.3 Å². The molecule has 1 aromatic carbocycles. The van der Waals surface area contributed by atoms with Gasteiger partial charge in [0, 0.05) is 23.8 Å². The van der Waals surface area contributed by atoms with Crippen LogP contribution in [0.4, 0.5) is 5.69 Å². The molecule has 2 aromatic heterocycles. The van der Waals surface area contributed by atoms with Crippen LogP contribution >= 0.6 is 11.3 Å². The third-order valence-electron chi connectivity index (χ3n) is 2.68. The van der Waals surface area contributed by atoms with Crippen LogP contribution in [0.5, 0.6) is 0 Å². The molecule has 0 aliphatic rings. The van der Waals surface area contributed by atoms with Crippen molar-refractivity contribution < 1.29 is 0 Å². The molecule has 0 atom stereocenters. The third kappa shape index (κ3) is 1.70. The Bertz CT molecular complexity index is 581. The largest absolute Gasteiger partial charge is 0.380 e. The zero-order valence-electron chi connectivity index (χ0n) is 8.73. The van der Waals surface area contributed by atoms with E-state index in [2.05, 4.69) is 51.4 Å². The minimum absolute atomic E-state index is 0.856. The van der Waals surface area contributed by atoms with Gasteiger partial charge in [0.2, 0.25) is 0 Å². The number of thiophene rings is 1. The molecule has 0 aliphatic carbocycles. The molecule has 2 heterocycles. The minimum atomic E-state index is 0.856. The van der Waals surface area contributed by atoms with Crippen LogP contribution in [0.2, 0.25) is 0 Å². The van der Waals surface area contributed by atoms with Crippen LogP contribution in [0.25, 0.3) is 10.9 Å². The number of benzene rings is 1. The summed E-state index contributed by atoms with van der Waals surface area (Å²) in [7, 11) is 0. The maximum Gasteiger partial charge on any atom is 0.0504 e. The van der Waals surface area contributed by atoms with Gasteiger partial charge in [0.25, 0.3) is 0 Å². The highest BCUT2D eigenvalue weighted by molar-refractivity contribution is 7.08. The first-order chi connectivity index (χ1) is 7.93. The number of H-pyrrole nitrogens is 1. The quantitative estimate of drug-likeness (QED) is 0.700. The Morgan fingerprint density at radius 1 is 1.19 bits per heavy atom. The van der Waals surface area contributed by atoms with Crippen molar-refractivity contribution in [3.63, 3.8) is 0 Å². The number of aromatic amines is 1. The van der Waals surface area contributed by atoms with Gasteiger partial charge in [0.05, 0.1) is 5.52 Å². The molecule has 0 saturated heterocycles. The lowest BCUT2D eigenvalue weighted by molar-refractivity contribution is 1.16. The second-order valence-corrected chi connectivity index (χ2v) is 4.50. The van der Waals surface area contributed by atoms with Crippen LogP contribution in [0, 0.1) is 0 Å². The summed E-state index contributed by atoms with van der Waals surface area (Å²) in [5.41, 5.74) is 3.72. The summed E-state index contributed by atoms with van der Waals surface area (Å²) >= 11 is 1.71. The molecular formula is C13H12N2S. The van der Waals surface area contributed by atoms with Gasteiger partial charge in [-0.25, -0.2) is 0 Å². The number of rotatable bonds is 3. The summed E-state index contributed by atoms with van der Waals surface area (Å²) in [6.45, 7) is 0.856. The molecule has 0 saturated carbocycles. The Balaban J connectivity index is 1.86. The van der Waals surface area contributed by atoms with Gasteiger partial charge in [-0.1, -0.05) is 18.2 Å². The number of para-hydroxylation sites is 1. The van der Waals surface area contributed by atoms with E-state index < -0.39 is 0 Å². The number of fused-ring (bicyclic) bond motifs is 1. The molecule has 3 heteroatoms. The summed E-state index contributed by atoms with van der Waals surface area (Å²) in [4.78, 5) is 3.28. The fourth-order valence-corrected chi connectivity index (χ4v) is 2.47. The topological polar surface area (TPSA) is 27.8 Å². The zero-order chi connectivity index (χ0) is 10.8. The van der Waals surface area contributed by atoms with E-state index in [1.807, 2.05) is 6.20 Å². The summed E-state index contributed by atoms with van der Waals surface area (Å²) in [5, 5.41) is 8.88. The van der Waals surface area contributed by atoms with E-state index in [9.17, 15) is 0 Å². The van der Waals surface area contributed by atoms with Crippen molar-refractivity contribution in [3.8, 4) is 0 Å². The predicted octanol–water partition coefficient (Wildman–Crippen LogP) is 3.84. The predicted molar refractivity (Wildman–Crippen MR) is 69.9 cm³/mol. The molecule has 0 amide bonds. The molecular weight excluding hydrogens is 216 g/mol. The molecule has 0 fully saturated rings. The number of hydrogen-bond acceptors (Lipinski definition) is 2. The summed E-state index contributed by atoms with van der Waals surface area (Å²) < 4.78 is 0. The van der Waals surface area contributed by atoms with E-state index in [0.717, 1.165) is 6.54 Å². The van der Waals surface area contributed by atoms with E-state index in [4.69, 9.17) is 0 Å². The van der Waals surface area contributed by atoms with Gasteiger partial charge in [0.15, 0.2) is 0 Å². The monoisotopic (exact) mass is 228 g/mol. The van der Waals surface area contributed by atoms with Gasteiger partial charge in [0.1, 0.15) is 0 Å². The van der Waals surface area contributed by atoms with Crippen molar-refractivity contribution in [2.75, 3.05) is 5.32 Å². The molecule has 2 nitrogen and oxygen atoms in total. The van der Waals surface area contributed by atoms with Crippen LogP contribution in [0.3, 0.4) is 0 Å². The van der Waals surface area contributed by atoms with Crippen molar-refractivity contribution in [1.82, 2.24) is 4.98 Å². The first kappa shape index (κ1) is 9.48. The van der Waals surface area contributed by atoms with Gasteiger partial charge in [-0.3, -0.25) is 0 Å². The Morgan fingerprint density at radius 3 is 3.06 bits per heavy atom. The Labute approximate surface area is 97.9 Å². The Morgan fingerprint density at radius 2 is 2.19 bits per heavy atom. The average Bonchev–Trinajstić information content (AvgIpc) is 2.97. The lowest BCUT2D eigenvalue weighted by atomic mass is 10.1. The lowest BCUT2D eigenvalue weighted by Crippen LogP contribution is -1.98.